The highest BCUT2D eigenvalue weighted by Crippen LogP contribution is 2.54. The molecule has 3 heterocycles. The summed E-state index contributed by atoms with van der Waals surface area (Å²) < 4.78 is 34.6. The summed E-state index contributed by atoms with van der Waals surface area (Å²) >= 11 is 6.41. The van der Waals surface area contributed by atoms with Crippen LogP contribution < -0.4 is 9.04 Å². The maximum atomic E-state index is 14.8. The molecule has 39 heavy (non-hydrogen) atoms. The lowest BCUT2D eigenvalue weighted by atomic mass is 9.81. The van der Waals surface area contributed by atoms with Gasteiger partial charge in [-0.15, -0.1) is 0 Å². The number of likely N-dealkylation sites (tertiary alicyclic amines) is 1. The Morgan fingerprint density at radius 1 is 1.15 bits per heavy atom. The minimum Gasteiger partial charge on any atom is -0.496 e. The molecule has 3 aromatic rings. The van der Waals surface area contributed by atoms with Crippen molar-refractivity contribution >= 4 is 39.2 Å². The summed E-state index contributed by atoms with van der Waals surface area (Å²) in [6.45, 7) is 3.13. The van der Waals surface area contributed by atoms with Crippen LogP contribution in [0.15, 0.2) is 59.8 Å². The van der Waals surface area contributed by atoms with Crippen molar-refractivity contribution in [2.24, 2.45) is 0 Å². The third-order valence-corrected chi connectivity index (χ3v) is 9.20. The van der Waals surface area contributed by atoms with Crippen molar-refractivity contribution < 1.29 is 33.0 Å². The maximum Gasteiger partial charge on any atom is 0.321 e. The number of sulfonamides is 1. The molecule has 1 fully saturated rings. The van der Waals surface area contributed by atoms with Gasteiger partial charge in [0.1, 0.15) is 11.8 Å². The van der Waals surface area contributed by atoms with Crippen LogP contribution in [0.2, 0.25) is 5.02 Å². The van der Waals surface area contributed by atoms with E-state index in [1.54, 1.807) is 44.2 Å². The highest BCUT2D eigenvalue weighted by Gasteiger charge is 2.64. The van der Waals surface area contributed by atoms with Crippen LogP contribution in [0.4, 0.5) is 5.69 Å². The number of hydrogen-bond donors (Lipinski definition) is 2. The Labute approximate surface area is 230 Å². The van der Waals surface area contributed by atoms with Crippen molar-refractivity contribution in [3.8, 4) is 5.75 Å². The molecule has 2 aliphatic heterocycles. The molecule has 3 atom stereocenters. The van der Waals surface area contributed by atoms with E-state index in [0.29, 0.717) is 9.87 Å². The molecule has 204 valence electrons. The van der Waals surface area contributed by atoms with Crippen LogP contribution in [0.25, 0.3) is 0 Å². The van der Waals surface area contributed by atoms with Crippen molar-refractivity contribution in [1.82, 2.24) is 9.88 Å². The van der Waals surface area contributed by atoms with Crippen LogP contribution in [0.3, 0.4) is 0 Å². The van der Waals surface area contributed by atoms with Crippen LogP contribution >= 0.6 is 11.6 Å². The fourth-order valence-corrected chi connectivity index (χ4v) is 7.46. The number of amides is 1. The van der Waals surface area contributed by atoms with Crippen molar-refractivity contribution in [1.29, 1.82) is 0 Å². The Kier molecular flexibility index (Phi) is 6.66. The maximum absolute atomic E-state index is 14.8. The number of aromatic nitrogens is 1. The van der Waals surface area contributed by atoms with Crippen LogP contribution in [-0.4, -0.2) is 66.2 Å². The van der Waals surface area contributed by atoms with E-state index < -0.39 is 39.6 Å². The summed E-state index contributed by atoms with van der Waals surface area (Å²) in [5, 5.41) is 20.6. The normalized spacial score (nSPS) is 23.2. The Balaban J connectivity index is 1.88. The highest BCUT2D eigenvalue weighted by atomic mass is 35.5. The number of methoxy groups -OCH3 is 1. The van der Waals surface area contributed by atoms with Gasteiger partial charge in [-0.05, 0) is 49.2 Å². The monoisotopic (exact) mass is 571 g/mol. The number of halogens is 1. The molecular weight excluding hydrogens is 546 g/mol. The zero-order valence-corrected chi connectivity index (χ0v) is 22.9. The number of carbonyl (C=O) groups is 2. The molecule has 0 radical (unpaired) electrons. The van der Waals surface area contributed by atoms with E-state index >= 15 is 0 Å². The lowest BCUT2D eigenvalue weighted by molar-refractivity contribution is -0.145. The summed E-state index contributed by atoms with van der Waals surface area (Å²) in [6, 6.07) is 11.1. The second kappa shape index (κ2) is 9.60. The van der Waals surface area contributed by atoms with Crippen molar-refractivity contribution in [3.63, 3.8) is 0 Å². The van der Waals surface area contributed by atoms with E-state index in [9.17, 15) is 28.2 Å². The summed E-state index contributed by atoms with van der Waals surface area (Å²) in [5.41, 5.74) is -0.564. The lowest BCUT2D eigenvalue weighted by Gasteiger charge is -2.40. The molecule has 0 bridgehead atoms. The molecule has 12 heteroatoms. The number of anilines is 1. The van der Waals surface area contributed by atoms with Gasteiger partial charge in [0.25, 0.3) is 15.9 Å². The van der Waals surface area contributed by atoms with Gasteiger partial charge in [-0.1, -0.05) is 35.9 Å². The number of para-hydroxylation sites is 1. The standard InChI is InChI=1S/C27H26ClN3O7S/c1-15-10-16(2)24(29-13-15)39(36,37)31-21-9-8-17(28)11-20(21)27(26(31)35,19-6-4-5-7-23(19)38-3)30-14-18(32)12-22(30)25(33)34/h4-11,13,18,22,32H,12,14H2,1-3H3,(H,33,34)/t18-,22+,27?/m1/s1. The average Bonchev–Trinajstić information content (AvgIpc) is 3.39. The van der Waals surface area contributed by atoms with Gasteiger partial charge in [-0.2, -0.15) is 12.7 Å². The van der Waals surface area contributed by atoms with E-state index in [4.69, 9.17) is 16.3 Å². The third-order valence-electron chi connectivity index (χ3n) is 7.20. The molecule has 1 amide bonds. The first-order valence-corrected chi connectivity index (χ1v) is 13.9. The number of aliphatic hydroxyl groups is 1. The predicted molar refractivity (Wildman–Crippen MR) is 142 cm³/mol. The molecule has 1 aromatic heterocycles. The van der Waals surface area contributed by atoms with E-state index in [2.05, 4.69) is 4.98 Å². The van der Waals surface area contributed by atoms with Crippen LogP contribution in [0, 0.1) is 13.8 Å². The van der Waals surface area contributed by atoms with Gasteiger partial charge in [-0.3, -0.25) is 14.5 Å². The minimum atomic E-state index is -4.59. The highest BCUT2D eigenvalue weighted by molar-refractivity contribution is 7.93. The Hall–Kier alpha value is -3.51. The number of pyridine rings is 1. The molecule has 2 aliphatic rings. The number of hydrogen-bond acceptors (Lipinski definition) is 8. The Morgan fingerprint density at radius 2 is 1.87 bits per heavy atom. The number of nitrogens with zero attached hydrogens (tertiary/aromatic N) is 3. The van der Waals surface area contributed by atoms with E-state index in [1.165, 1.54) is 36.4 Å². The number of aliphatic carboxylic acids is 1. The number of carbonyl (C=O) groups excluding carboxylic acids is 1. The van der Waals surface area contributed by atoms with Crippen LogP contribution in [0.5, 0.6) is 5.75 Å². The van der Waals surface area contributed by atoms with Crippen LogP contribution in [0.1, 0.15) is 28.7 Å². The van der Waals surface area contributed by atoms with Gasteiger partial charge < -0.3 is 14.9 Å². The summed E-state index contributed by atoms with van der Waals surface area (Å²) in [5.74, 6) is -1.99. The number of benzene rings is 2. The number of carboxylic acid groups (broad SMARTS) is 1. The van der Waals surface area contributed by atoms with Gasteiger partial charge in [0, 0.05) is 35.3 Å². The number of fused-ring (bicyclic) bond motifs is 1. The first-order valence-electron chi connectivity index (χ1n) is 12.1. The average molecular weight is 572 g/mol. The van der Waals surface area contributed by atoms with Crippen molar-refractivity contribution in [2.45, 2.75) is 43.0 Å². The summed E-state index contributed by atoms with van der Waals surface area (Å²) in [6.07, 6.45) is 0.147. The molecule has 1 unspecified atom stereocenters. The van der Waals surface area contributed by atoms with E-state index in [-0.39, 0.29) is 45.6 Å². The number of β-amino-alcohol motifs (C(OH)–C–C–N with tert-alkyl or cyclic N) is 1. The minimum absolute atomic E-state index is 0.00242. The van der Waals surface area contributed by atoms with Crippen LogP contribution in [-0.2, 0) is 25.2 Å². The second-order valence-corrected chi connectivity index (χ2v) is 11.8. The predicted octanol–water partition coefficient (Wildman–Crippen LogP) is 2.86. The first-order chi connectivity index (χ1) is 18.4. The van der Waals surface area contributed by atoms with Gasteiger partial charge in [-0.25, -0.2) is 4.98 Å². The molecule has 0 saturated carbocycles. The lowest BCUT2D eigenvalue weighted by Crippen LogP contribution is -2.58. The number of ether oxygens (including phenoxy) is 1. The fraction of sp³-hybridized carbons (Fsp3) is 0.296. The van der Waals surface area contributed by atoms with Crippen molar-refractivity contribution in [2.75, 3.05) is 18.0 Å². The Morgan fingerprint density at radius 3 is 2.54 bits per heavy atom. The second-order valence-electron chi connectivity index (χ2n) is 9.68. The van der Waals surface area contributed by atoms with E-state index in [1.807, 2.05) is 0 Å². The number of carboxylic acids is 1. The molecule has 0 aliphatic carbocycles. The fourth-order valence-electron chi connectivity index (χ4n) is 5.70. The van der Waals surface area contributed by atoms with Gasteiger partial charge >= 0.3 is 5.97 Å². The van der Waals surface area contributed by atoms with Crippen molar-refractivity contribution in [3.05, 3.63) is 82.0 Å². The quantitative estimate of drug-likeness (QED) is 0.457. The number of rotatable bonds is 6. The largest absolute Gasteiger partial charge is 0.496 e. The zero-order valence-electron chi connectivity index (χ0n) is 21.3. The summed E-state index contributed by atoms with van der Waals surface area (Å²) in [7, 11) is -3.19. The number of aryl methyl sites for hydroxylation is 2. The molecule has 0 spiro atoms. The first kappa shape index (κ1) is 27.1. The third kappa shape index (κ3) is 3.99. The molecule has 2 N–H and O–H groups in total. The zero-order chi connectivity index (χ0) is 28.3. The molecule has 1 saturated heterocycles. The topological polar surface area (TPSA) is 137 Å². The molecule has 5 rings (SSSR count). The molecular formula is C27H26ClN3O7S. The van der Waals surface area contributed by atoms with Gasteiger partial charge in [0.15, 0.2) is 10.6 Å². The Bertz CT molecular complexity index is 1610. The SMILES string of the molecule is COc1ccccc1C1(N2C[C@H](O)C[C@H]2C(=O)O)C(=O)N(S(=O)(=O)c2ncc(C)cc2C)c2ccc(Cl)cc21. The van der Waals surface area contributed by atoms with E-state index in [0.717, 1.165) is 5.56 Å². The molecule has 10 nitrogen and oxygen atoms in total. The molecule has 2 aromatic carbocycles. The van der Waals surface area contributed by atoms with Gasteiger partial charge in [0.2, 0.25) is 0 Å². The van der Waals surface area contributed by atoms with Gasteiger partial charge in [0.05, 0.1) is 18.9 Å². The summed E-state index contributed by atoms with van der Waals surface area (Å²) in [4.78, 5) is 32.7. The number of aliphatic hydroxyl groups excluding tert-OH is 1. The smallest absolute Gasteiger partial charge is 0.321 e.